The van der Waals surface area contributed by atoms with Gasteiger partial charge in [-0.05, 0) is 57.0 Å². The summed E-state index contributed by atoms with van der Waals surface area (Å²) in [5.74, 6) is 1.44. The van der Waals surface area contributed by atoms with Crippen LogP contribution in [0.1, 0.15) is 37.4 Å². The van der Waals surface area contributed by atoms with Gasteiger partial charge in [-0.2, -0.15) is 5.10 Å². The molecule has 0 saturated carbocycles. The van der Waals surface area contributed by atoms with Crippen LogP contribution in [0.5, 0.6) is 11.5 Å². The summed E-state index contributed by atoms with van der Waals surface area (Å²) in [5, 5.41) is 7.10. The summed E-state index contributed by atoms with van der Waals surface area (Å²) in [7, 11) is 0. The Morgan fingerprint density at radius 1 is 1.22 bits per heavy atom. The van der Waals surface area contributed by atoms with Crippen molar-refractivity contribution in [2.75, 3.05) is 23.3 Å². The first kappa shape index (κ1) is 24.5. The molecule has 0 fully saturated rings. The quantitative estimate of drug-likeness (QED) is 0.375. The van der Waals surface area contributed by atoms with Gasteiger partial charge in [-0.15, -0.1) is 0 Å². The molecule has 5 rings (SSSR count). The maximum absolute atomic E-state index is 14.3. The summed E-state index contributed by atoms with van der Waals surface area (Å²) in [5.41, 5.74) is 8.39. The van der Waals surface area contributed by atoms with E-state index >= 15 is 0 Å². The SMILES string of the molecule is C[C@H](c1cc(F)ccc1O[C@@H](C)CN)N1CCCc2cn3ncc(NC(=O)Oc4ccccc4)c3nc21. The Morgan fingerprint density at radius 2 is 2.03 bits per heavy atom. The maximum atomic E-state index is 14.3. The molecule has 37 heavy (non-hydrogen) atoms. The molecule has 4 aromatic rings. The Hall–Kier alpha value is -4.18. The molecule has 2 atom stereocenters. The van der Waals surface area contributed by atoms with Crippen LogP contribution in [0, 0.1) is 5.82 Å². The van der Waals surface area contributed by atoms with Gasteiger partial charge in [0.05, 0.1) is 12.2 Å². The lowest BCUT2D eigenvalue weighted by molar-refractivity contribution is 0.215. The Morgan fingerprint density at radius 3 is 2.81 bits per heavy atom. The lowest BCUT2D eigenvalue weighted by Crippen LogP contribution is -2.34. The molecule has 0 bridgehead atoms. The van der Waals surface area contributed by atoms with Gasteiger partial charge in [0.25, 0.3) is 0 Å². The van der Waals surface area contributed by atoms with Gasteiger partial charge < -0.3 is 20.1 Å². The van der Waals surface area contributed by atoms with Gasteiger partial charge in [-0.1, -0.05) is 18.2 Å². The van der Waals surface area contributed by atoms with E-state index in [0.717, 1.165) is 30.8 Å². The molecule has 0 spiro atoms. The number of halogens is 1. The molecule has 1 amide bonds. The fourth-order valence-corrected chi connectivity index (χ4v) is 4.49. The molecule has 9 nitrogen and oxygen atoms in total. The van der Waals surface area contributed by atoms with Crippen LogP contribution < -0.4 is 25.4 Å². The molecule has 0 saturated heterocycles. The van der Waals surface area contributed by atoms with Crippen LogP contribution in [0.4, 0.5) is 20.7 Å². The molecule has 3 N–H and O–H groups in total. The number of carbonyl (C=O) groups is 1. The minimum atomic E-state index is -0.638. The monoisotopic (exact) mass is 504 g/mol. The largest absolute Gasteiger partial charge is 0.489 e. The zero-order valence-electron chi connectivity index (χ0n) is 20.7. The van der Waals surface area contributed by atoms with Crippen molar-refractivity contribution in [3.05, 3.63) is 77.9 Å². The van der Waals surface area contributed by atoms with Crippen molar-refractivity contribution in [1.29, 1.82) is 0 Å². The number of rotatable bonds is 7. The smallest absolute Gasteiger partial charge is 0.417 e. The van der Waals surface area contributed by atoms with Gasteiger partial charge in [0, 0.05) is 30.4 Å². The standard InChI is InChI=1S/C27H29FN6O3/c1-17(14-29)36-24-11-10-20(28)13-22(24)18(2)33-12-6-7-19-16-34-26(32-25(19)33)23(15-30-34)31-27(35)37-21-8-4-3-5-9-21/h3-5,8-11,13,15-18H,6-7,12,14,29H2,1-2H3,(H,31,35)/t17-,18+/m0/s1. The van der Waals surface area contributed by atoms with Crippen molar-refractivity contribution in [2.45, 2.75) is 38.8 Å². The van der Waals surface area contributed by atoms with E-state index in [1.165, 1.54) is 12.1 Å². The molecule has 0 aliphatic carbocycles. The second kappa shape index (κ2) is 10.4. The molecule has 2 aromatic heterocycles. The number of nitrogens with one attached hydrogen (secondary N) is 1. The number of hydrogen-bond donors (Lipinski definition) is 2. The molecule has 0 radical (unpaired) electrons. The van der Waals surface area contributed by atoms with Gasteiger partial charge in [0.2, 0.25) is 0 Å². The maximum Gasteiger partial charge on any atom is 0.417 e. The van der Waals surface area contributed by atoms with Crippen molar-refractivity contribution in [1.82, 2.24) is 14.6 Å². The molecular weight excluding hydrogens is 475 g/mol. The van der Waals surface area contributed by atoms with Crippen molar-refractivity contribution >= 4 is 23.2 Å². The number of aryl methyl sites for hydroxylation is 1. The van der Waals surface area contributed by atoms with Crippen LogP contribution in [0.15, 0.2) is 60.9 Å². The number of benzene rings is 2. The number of ether oxygens (including phenoxy) is 2. The predicted molar refractivity (Wildman–Crippen MR) is 139 cm³/mol. The molecule has 1 aliphatic rings. The zero-order valence-corrected chi connectivity index (χ0v) is 20.7. The summed E-state index contributed by atoms with van der Waals surface area (Å²) in [6.07, 6.45) is 4.35. The topological polar surface area (TPSA) is 107 Å². The Labute approximate surface area is 214 Å². The van der Waals surface area contributed by atoms with E-state index in [1.54, 1.807) is 41.0 Å². The summed E-state index contributed by atoms with van der Waals surface area (Å²) >= 11 is 0. The number of nitrogens with zero attached hydrogens (tertiary/aromatic N) is 4. The highest BCUT2D eigenvalue weighted by Crippen LogP contribution is 2.37. The first-order valence-electron chi connectivity index (χ1n) is 12.3. The molecule has 0 unspecified atom stereocenters. The summed E-state index contributed by atoms with van der Waals surface area (Å²) in [4.78, 5) is 19.5. The Kier molecular flexibility index (Phi) is 6.91. The third-order valence-electron chi connectivity index (χ3n) is 6.40. The van der Waals surface area contributed by atoms with Crippen molar-refractivity contribution in [2.24, 2.45) is 5.73 Å². The van der Waals surface area contributed by atoms with Gasteiger partial charge in [-0.25, -0.2) is 18.7 Å². The normalized spacial score (nSPS) is 14.6. The highest BCUT2D eigenvalue weighted by molar-refractivity contribution is 5.90. The fraction of sp³-hybridized carbons (Fsp3) is 0.296. The highest BCUT2D eigenvalue weighted by atomic mass is 19.1. The number of carbonyl (C=O) groups excluding carboxylic acids is 1. The molecule has 1 aliphatic heterocycles. The van der Waals surface area contributed by atoms with Gasteiger partial charge in [0.15, 0.2) is 5.65 Å². The average Bonchev–Trinajstić information content (AvgIpc) is 3.29. The third kappa shape index (κ3) is 5.19. The zero-order chi connectivity index (χ0) is 25.9. The van der Waals surface area contributed by atoms with E-state index in [9.17, 15) is 9.18 Å². The van der Waals surface area contributed by atoms with Crippen LogP contribution in [-0.4, -0.2) is 39.9 Å². The van der Waals surface area contributed by atoms with Crippen LogP contribution in [0.25, 0.3) is 5.65 Å². The van der Waals surface area contributed by atoms with Gasteiger partial charge >= 0.3 is 6.09 Å². The van der Waals surface area contributed by atoms with Crippen LogP contribution in [0.3, 0.4) is 0 Å². The number of amides is 1. The minimum Gasteiger partial charge on any atom is -0.489 e. The summed E-state index contributed by atoms with van der Waals surface area (Å²) in [6, 6.07) is 13.1. The van der Waals surface area contributed by atoms with Crippen molar-refractivity contribution in [3.8, 4) is 11.5 Å². The number of nitrogens with two attached hydrogens (primary N) is 1. The van der Waals surface area contributed by atoms with E-state index < -0.39 is 6.09 Å². The fourth-order valence-electron chi connectivity index (χ4n) is 4.49. The van der Waals surface area contributed by atoms with Crippen molar-refractivity contribution in [3.63, 3.8) is 0 Å². The van der Waals surface area contributed by atoms with E-state index in [-0.39, 0.29) is 18.0 Å². The van der Waals surface area contributed by atoms with Crippen LogP contribution in [0.2, 0.25) is 0 Å². The van der Waals surface area contributed by atoms with E-state index in [4.69, 9.17) is 20.2 Å². The highest BCUT2D eigenvalue weighted by Gasteiger charge is 2.28. The number of anilines is 2. The average molecular weight is 505 g/mol. The predicted octanol–water partition coefficient (Wildman–Crippen LogP) is 4.72. The lowest BCUT2D eigenvalue weighted by atomic mass is 10.0. The molecule has 10 heteroatoms. The van der Waals surface area contributed by atoms with Gasteiger partial charge in [0.1, 0.15) is 34.9 Å². The van der Waals surface area contributed by atoms with E-state index in [0.29, 0.717) is 34.9 Å². The number of hydrogen-bond acceptors (Lipinski definition) is 7. The van der Waals surface area contributed by atoms with Crippen LogP contribution >= 0.6 is 0 Å². The molecule has 2 aromatic carbocycles. The first-order chi connectivity index (χ1) is 17.9. The van der Waals surface area contributed by atoms with Crippen molar-refractivity contribution < 1.29 is 18.7 Å². The minimum absolute atomic E-state index is 0.209. The second-order valence-corrected chi connectivity index (χ2v) is 9.06. The van der Waals surface area contributed by atoms with E-state index in [1.807, 2.05) is 26.1 Å². The second-order valence-electron chi connectivity index (χ2n) is 9.06. The number of fused-ring (bicyclic) bond motifs is 2. The van der Waals surface area contributed by atoms with Crippen LogP contribution in [-0.2, 0) is 6.42 Å². The first-order valence-corrected chi connectivity index (χ1v) is 12.3. The number of aromatic nitrogens is 3. The van der Waals surface area contributed by atoms with E-state index in [2.05, 4.69) is 15.3 Å². The summed E-state index contributed by atoms with van der Waals surface area (Å²) < 4.78 is 27.3. The number of para-hydroxylation sites is 1. The third-order valence-corrected chi connectivity index (χ3v) is 6.40. The molecular formula is C27H29FN6O3. The Bertz CT molecular complexity index is 1410. The lowest BCUT2D eigenvalue weighted by Gasteiger charge is -2.36. The Balaban J connectivity index is 1.45. The van der Waals surface area contributed by atoms with Gasteiger partial charge in [-0.3, -0.25) is 5.32 Å². The molecule has 192 valence electrons. The summed E-state index contributed by atoms with van der Waals surface area (Å²) in [6.45, 7) is 4.96. The molecule has 3 heterocycles.